The van der Waals surface area contributed by atoms with Gasteiger partial charge in [-0.15, -0.1) is 0 Å². The molecule has 1 saturated carbocycles. The van der Waals surface area contributed by atoms with Crippen LogP contribution in [0.2, 0.25) is 0 Å². The number of nitrogens with zero attached hydrogens (tertiary/aromatic N) is 1. The van der Waals surface area contributed by atoms with Gasteiger partial charge in [-0.1, -0.05) is 13.8 Å². The van der Waals surface area contributed by atoms with E-state index in [-0.39, 0.29) is 0 Å². The summed E-state index contributed by atoms with van der Waals surface area (Å²) in [5, 5.41) is 3.90. The zero-order chi connectivity index (χ0) is 14.9. The third kappa shape index (κ3) is 4.00. The fourth-order valence-corrected chi connectivity index (χ4v) is 4.30. The molecule has 0 bridgehead atoms. The van der Waals surface area contributed by atoms with E-state index in [2.05, 4.69) is 31.0 Å². The van der Waals surface area contributed by atoms with Crippen LogP contribution in [-0.4, -0.2) is 48.8 Å². The van der Waals surface area contributed by atoms with E-state index in [4.69, 9.17) is 4.74 Å². The first-order valence-corrected chi connectivity index (χ1v) is 9.17. The molecule has 3 heteroatoms. The fraction of sp³-hybridized carbons (Fsp3) is 1.00. The Bertz CT molecular complexity index is 336. The molecule has 122 valence electrons. The second-order valence-corrected chi connectivity index (χ2v) is 8.25. The lowest BCUT2D eigenvalue weighted by atomic mass is 9.88. The van der Waals surface area contributed by atoms with Crippen LogP contribution in [0.5, 0.6) is 0 Å². The topological polar surface area (TPSA) is 24.5 Å². The Morgan fingerprint density at radius 2 is 2.10 bits per heavy atom. The number of rotatable bonds is 6. The van der Waals surface area contributed by atoms with E-state index >= 15 is 0 Å². The lowest BCUT2D eigenvalue weighted by molar-refractivity contribution is 0.0408. The van der Waals surface area contributed by atoms with Crippen molar-refractivity contribution < 1.29 is 4.74 Å². The molecule has 2 saturated heterocycles. The fourth-order valence-electron chi connectivity index (χ4n) is 4.30. The van der Waals surface area contributed by atoms with Crippen molar-refractivity contribution in [1.29, 1.82) is 0 Å². The van der Waals surface area contributed by atoms with Crippen LogP contribution in [0, 0.1) is 11.8 Å². The highest BCUT2D eigenvalue weighted by atomic mass is 16.5. The molecule has 0 spiro atoms. The van der Waals surface area contributed by atoms with E-state index in [0.717, 1.165) is 24.5 Å². The average Bonchev–Trinajstić information content (AvgIpc) is 3.18. The molecule has 0 aromatic rings. The second kappa shape index (κ2) is 6.55. The average molecular weight is 294 g/mol. The molecule has 3 atom stereocenters. The Hall–Kier alpha value is -0.120. The monoisotopic (exact) mass is 294 g/mol. The molecule has 1 aliphatic carbocycles. The zero-order valence-corrected chi connectivity index (χ0v) is 14.2. The molecule has 3 rings (SSSR count). The van der Waals surface area contributed by atoms with Gasteiger partial charge >= 0.3 is 0 Å². The van der Waals surface area contributed by atoms with Crippen LogP contribution in [0.15, 0.2) is 0 Å². The van der Waals surface area contributed by atoms with Gasteiger partial charge in [0.1, 0.15) is 0 Å². The Morgan fingerprint density at radius 1 is 1.29 bits per heavy atom. The number of ether oxygens (including phenoxy) is 1. The van der Waals surface area contributed by atoms with Gasteiger partial charge in [0.2, 0.25) is 0 Å². The van der Waals surface area contributed by atoms with Crippen molar-refractivity contribution in [1.82, 2.24) is 10.2 Å². The lowest BCUT2D eigenvalue weighted by Gasteiger charge is -2.47. The Kier molecular flexibility index (Phi) is 4.92. The summed E-state index contributed by atoms with van der Waals surface area (Å²) in [5.41, 5.74) is 0.365. The molecule has 3 nitrogen and oxygen atoms in total. The first-order chi connectivity index (χ1) is 10.1. The maximum atomic E-state index is 5.83. The maximum Gasteiger partial charge on any atom is 0.0588 e. The van der Waals surface area contributed by atoms with Gasteiger partial charge in [0.15, 0.2) is 0 Å². The van der Waals surface area contributed by atoms with Gasteiger partial charge in [0, 0.05) is 37.8 Å². The predicted octanol–water partition coefficient (Wildman–Crippen LogP) is 3.04. The van der Waals surface area contributed by atoms with Crippen LogP contribution >= 0.6 is 0 Å². The molecule has 21 heavy (non-hydrogen) atoms. The van der Waals surface area contributed by atoms with E-state index in [0.29, 0.717) is 11.6 Å². The van der Waals surface area contributed by atoms with E-state index in [1.807, 2.05) is 0 Å². The van der Waals surface area contributed by atoms with Crippen molar-refractivity contribution in [3.63, 3.8) is 0 Å². The molecule has 2 heterocycles. The zero-order valence-electron chi connectivity index (χ0n) is 14.2. The van der Waals surface area contributed by atoms with Crippen LogP contribution in [0.1, 0.15) is 59.3 Å². The van der Waals surface area contributed by atoms with Crippen LogP contribution in [-0.2, 0) is 4.74 Å². The molecule has 3 aliphatic rings. The van der Waals surface area contributed by atoms with E-state index in [1.165, 1.54) is 58.2 Å². The van der Waals surface area contributed by atoms with Crippen molar-refractivity contribution in [2.45, 2.75) is 77.0 Å². The SMILES string of the molecule is CC(C)CC1CNC(C)(C2CC2)CN1CCC1CCCO1. The molecular weight excluding hydrogens is 260 g/mol. The quantitative estimate of drug-likeness (QED) is 0.815. The van der Waals surface area contributed by atoms with Crippen LogP contribution in [0.4, 0.5) is 0 Å². The highest BCUT2D eigenvalue weighted by Crippen LogP contribution is 2.41. The Balaban J connectivity index is 1.58. The van der Waals surface area contributed by atoms with Crippen molar-refractivity contribution in [3.8, 4) is 0 Å². The highest BCUT2D eigenvalue weighted by Gasteiger charge is 2.45. The van der Waals surface area contributed by atoms with Gasteiger partial charge in [0.25, 0.3) is 0 Å². The highest BCUT2D eigenvalue weighted by molar-refractivity contribution is 5.04. The summed E-state index contributed by atoms with van der Waals surface area (Å²) in [6.07, 6.45) is 8.49. The number of nitrogens with one attached hydrogen (secondary N) is 1. The summed E-state index contributed by atoms with van der Waals surface area (Å²) in [6, 6.07) is 0.721. The van der Waals surface area contributed by atoms with Gasteiger partial charge < -0.3 is 10.1 Å². The third-order valence-corrected chi connectivity index (χ3v) is 5.77. The summed E-state index contributed by atoms with van der Waals surface area (Å²) in [4.78, 5) is 2.79. The number of piperazine rings is 1. The molecule has 0 aromatic carbocycles. The third-order valence-electron chi connectivity index (χ3n) is 5.77. The summed E-state index contributed by atoms with van der Waals surface area (Å²) in [5.74, 6) is 1.70. The summed E-state index contributed by atoms with van der Waals surface area (Å²) in [7, 11) is 0. The minimum absolute atomic E-state index is 0.365. The van der Waals surface area contributed by atoms with Gasteiger partial charge in [-0.05, 0) is 57.3 Å². The number of hydrogen-bond acceptors (Lipinski definition) is 3. The largest absolute Gasteiger partial charge is 0.378 e. The van der Waals surface area contributed by atoms with Crippen LogP contribution < -0.4 is 5.32 Å². The summed E-state index contributed by atoms with van der Waals surface area (Å²) >= 11 is 0. The predicted molar refractivity (Wildman–Crippen MR) is 87.5 cm³/mol. The first-order valence-electron chi connectivity index (χ1n) is 9.17. The van der Waals surface area contributed by atoms with Gasteiger partial charge in [-0.25, -0.2) is 0 Å². The molecule has 2 aliphatic heterocycles. The van der Waals surface area contributed by atoms with Gasteiger partial charge in [0.05, 0.1) is 6.10 Å². The first kappa shape index (κ1) is 15.8. The number of hydrogen-bond donors (Lipinski definition) is 1. The van der Waals surface area contributed by atoms with Crippen molar-refractivity contribution >= 4 is 0 Å². The van der Waals surface area contributed by atoms with Gasteiger partial charge in [-0.3, -0.25) is 4.90 Å². The Labute approximate surface area is 130 Å². The minimum atomic E-state index is 0.365. The van der Waals surface area contributed by atoms with E-state index in [9.17, 15) is 0 Å². The molecular formula is C18H34N2O. The normalized spacial score (nSPS) is 38.3. The lowest BCUT2D eigenvalue weighted by Crippen LogP contribution is -2.64. The van der Waals surface area contributed by atoms with Crippen LogP contribution in [0.3, 0.4) is 0 Å². The molecule has 3 unspecified atom stereocenters. The summed E-state index contributed by atoms with van der Waals surface area (Å²) in [6.45, 7) is 11.8. The molecule has 0 radical (unpaired) electrons. The molecule has 1 N–H and O–H groups in total. The van der Waals surface area contributed by atoms with Crippen molar-refractivity contribution in [3.05, 3.63) is 0 Å². The molecule has 0 aromatic heterocycles. The van der Waals surface area contributed by atoms with Crippen molar-refractivity contribution in [2.75, 3.05) is 26.2 Å². The van der Waals surface area contributed by atoms with Crippen LogP contribution in [0.25, 0.3) is 0 Å². The van der Waals surface area contributed by atoms with Gasteiger partial charge in [-0.2, -0.15) is 0 Å². The minimum Gasteiger partial charge on any atom is -0.378 e. The standard InChI is InChI=1S/C18H34N2O/c1-14(2)11-16-12-19-18(3,15-6-7-15)13-20(16)9-8-17-5-4-10-21-17/h14-17,19H,4-13H2,1-3H3. The molecule has 3 fully saturated rings. The summed E-state index contributed by atoms with van der Waals surface area (Å²) < 4.78 is 5.83. The van der Waals surface area contributed by atoms with E-state index in [1.54, 1.807) is 0 Å². The Morgan fingerprint density at radius 3 is 2.71 bits per heavy atom. The molecule has 0 amide bonds. The second-order valence-electron chi connectivity index (χ2n) is 8.25. The van der Waals surface area contributed by atoms with E-state index < -0.39 is 0 Å². The smallest absolute Gasteiger partial charge is 0.0588 e. The maximum absolute atomic E-state index is 5.83. The van der Waals surface area contributed by atoms with Crippen molar-refractivity contribution in [2.24, 2.45) is 11.8 Å².